The molecule has 1 atom stereocenters. The van der Waals surface area contributed by atoms with Gasteiger partial charge in [0, 0.05) is 43.8 Å². The SMILES string of the molecule is COCCC(=O)N1CCN(c2nc(C3CC3)c(-c3ccccc3OC)cc2C#N)C[C@H]1C(C)C. The summed E-state index contributed by atoms with van der Waals surface area (Å²) in [6.45, 7) is 6.65. The Morgan fingerprint density at radius 3 is 2.62 bits per heavy atom. The number of nitriles is 1. The maximum atomic E-state index is 12.8. The molecule has 2 aromatic rings. The number of methoxy groups -OCH3 is 2. The van der Waals surface area contributed by atoms with E-state index in [2.05, 4.69) is 24.8 Å². The van der Waals surface area contributed by atoms with Crippen LogP contribution in [-0.4, -0.2) is 62.3 Å². The minimum atomic E-state index is 0.0599. The molecule has 0 unspecified atom stereocenters. The molecule has 0 N–H and O–H groups in total. The number of para-hydroxylation sites is 1. The summed E-state index contributed by atoms with van der Waals surface area (Å²) in [6, 6.07) is 12.3. The van der Waals surface area contributed by atoms with Gasteiger partial charge in [0.25, 0.3) is 0 Å². The highest BCUT2D eigenvalue weighted by Gasteiger charge is 2.35. The van der Waals surface area contributed by atoms with E-state index < -0.39 is 0 Å². The van der Waals surface area contributed by atoms with Crippen molar-refractivity contribution in [2.75, 3.05) is 45.4 Å². The lowest BCUT2D eigenvalue weighted by atomic mass is 9.96. The average molecular weight is 463 g/mol. The van der Waals surface area contributed by atoms with Gasteiger partial charge >= 0.3 is 0 Å². The van der Waals surface area contributed by atoms with Crippen LogP contribution < -0.4 is 9.64 Å². The van der Waals surface area contributed by atoms with E-state index in [1.807, 2.05) is 35.2 Å². The second kappa shape index (κ2) is 10.4. The van der Waals surface area contributed by atoms with Crippen LogP contribution in [-0.2, 0) is 9.53 Å². The third-order valence-electron chi connectivity index (χ3n) is 6.84. The molecule has 0 spiro atoms. The summed E-state index contributed by atoms with van der Waals surface area (Å²) in [7, 11) is 3.29. The Morgan fingerprint density at radius 2 is 1.97 bits per heavy atom. The first-order chi connectivity index (χ1) is 16.5. The molecule has 2 heterocycles. The van der Waals surface area contributed by atoms with Crippen LogP contribution in [0.5, 0.6) is 5.75 Å². The van der Waals surface area contributed by atoms with Crippen LogP contribution in [0.25, 0.3) is 11.1 Å². The van der Waals surface area contributed by atoms with Gasteiger partial charge in [-0.05, 0) is 30.9 Å². The van der Waals surface area contributed by atoms with Crippen molar-refractivity contribution in [3.63, 3.8) is 0 Å². The smallest absolute Gasteiger partial charge is 0.225 e. The largest absolute Gasteiger partial charge is 0.496 e. The number of hydrogen-bond acceptors (Lipinski definition) is 6. The van der Waals surface area contributed by atoms with Crippen LogP contribution in [0.3, 0.4) is 0 Å². The molecule has 34 heavy (non-hydrogen) atoms. The fraction of sp³-hybridized carbons (Fsp3) is 0.519. The summed E-state index contributed by atoms with van der Waals surface area (Å²) in [5.74, 6) is 2.34. The van der Waals surface area contributed by atoms with Gasteiger partial charge in [-0.1, -0.05) is 32.0 Å². The summed E-state index contributed by atoms with van der Waals surface area (Å²) in [5, 5.41) is 10.1. The molecule has 2 aliphatic rings. The lowest BCUT2D eigenvalue weighted by molar-refractivity contribution is -0.135. The molecule has 0 bridgehead atoms. The van der Waals surface area contributed by atoms with Crippen molar-refractivity contribution >= 4 is 11.7 Å². The predicted molar refractivity (Wildman–Crippen MR) is 132 cm³/mol. The Balaban J connectivity index is 1.69. The highest BCUT2D eigenvalue weighted by molar-refractivity contribution is 5.78. The summed E-state index contributed by atoms with van der Waals surface area (Å²) < 4.78 is 10.7. The molecule has 7 heteroatoms. The van der Waals surface area contributed by atoms with Gasteiger partial charge in [-0.2, -0.15) is 5.26 Å². The van der Waals surface area contributed by atoms with E-state index in [0.29, 0.717) is 44.1 Å². The zero-order valence-corrected chi connectivity index (χ0v) is 20.6. The fourth-order valence-electron chi connectivity index (χ4n) is 4.81. The number of rotatable bonds is 8. The number of nitrogens with zero attached hydrogens (tertiary/aromatic N) is 4. The molecule has 1 amide bonds. The van der Waals surface area contributed by atoms with Gasteiger partial charge in [0.15, 0.2) is 0 Å². The minimum absolute atomic E-state index is 0.0599. The zero-order chi connectivity index (χ0) is 24.2. The van der Waals surface area contributed by atoms with E-state index in [1.165, 1.54) is 0 Å². The van der Waals surface area contributed by atoms with E-state index in [1.54, 1.807) is 14.2 Å². The molecule has 1 aromatic heterocycles. The molecule has 1 saturated carbocycles. The van der Waals surface area contributed by atoms with Crippen molar-refractivity contribution in [1.82, 2.24) is 9.88 Å². The molecule has 1 aromatic carbocycles. The number of benzene rings is 1. The van der Waals surface area contributed by atoms with Gasteiger partial charge in [-0.25, -0.2) is 4.98 Å². The number of ether oxygens (including phenoxy) is 2. The number of anilines is 1. The van der Waals surface area contributed by atoms with Crippen molar-refractivity contribution < 1.29 is 14.3 Å². The van der Waals surface area contributed by atoms with Gasteiger partial charge in [0.1, 0.15) is 17.6 Å². The number of carbonyl (C=O) groups excluding carboxylic acids is 1. The van der Waals surface area contributed by atoms with E-state index in [-0.39, 0.29) is 17.9 Å². The van der Waals surface area contributed by atoms with E-state index in [4.69, 9.17) is 14.5 Å². The van der Waals surface area contributed by atoms with Gasteiger partial charge in [-0.3, -0.25) is 4.79 Å². The Bertz CT molecular complexity index is 1070. The molecule has 4 rings (SSSR count). The number of hydrogen-bond donors (Lipinski definition) is 0. The lowest BCUT2D eigenvalue weighted by Gasteiger charge is -2.44. The van der Waals surface area contributed by atoms with Gasteiger partial charge < -0.3 is 19.3 Å². The van der Waals surface area contributed by atoms with Crippen LogP contribution in [0, 0.1) is 17.2 Å². The normalized spacial score (nSPS) is 18.2. The number of piperazine rings is 1. The molecule has 180 valence electrons. The van der Waals surface area contributed by atoms with Crippen molar-refractivity contribution in [1.29, 1.82) is 5.26 Å². The highest BCUT2D eigenvalue weighted by atomic mass is 16.5. The summed E-state index contributed by atoms with van der Waals surface area (Å²) in [6.07, 6.45) is 2.61. The van der Waals surface area contributed by atoms with Crippen LogP contribution in [0.4, 0.5) is 5.82 Å². The fourth-order valence-corrected chi connectivity index (χ4v) is 4.81. The van der Waals surface area contributed by atoms with Crippen LogP contribution in [0.15, 0.2) is 30.3 Å². The Hall–Kier alpha value is -3.11. The van der Waals surface area contributed by atoms with Gasteiger partial charge in [0.2, 0.25) is 5.91 Å². The average Bonchev–Trinajstić information content (AvgIpc) is 3.71. The Morgan fingerprint density at radius 1 is 1.21 bits per heavy atom. The second-order valence-corrected chi connectivity index (χ2v) is 9.47. The van der Waals surface area contributed by atoms with Crippen LogP contribution in [0.2, 0.25) is 0 Å². The van der Waals surface area contributed by atoms with Crippen LogP contribution >= 0.6 is 0 Å². The molecule has 0 radical (unpaired) electrons. The van der Waals surface area contributed by atoms with E-state index >= 15 is 0 Å². The summed E-state index contributed by atoms with van der Waals surface area (Å²) >= 11 is 0. The molecule has 2 fully saturated rings. The predicted octanol–water partition coefficient (Wildman–Crippen LogP) is 4.22. The third-order valence-corrected chi connectivity index (χ3v) is 6.84. The standard InChI is InChI=1S/C27H34N4O3/c1-18(2)23-17-30(12-13-31(23)25(32)11-14-33-3)27-20(16-28)15-22(26(29-27)19-9-10-19)21-7-5-6-8-24(21)34-4/h5-8,15,18-19,23H,9-14,17H2,1-4H3/t23-/m0/s1. The van der Waals surface area contributed by atoms with E-state index in [9.17, 15) is 10.1 Å². The quantitative estimate of drug-likeness (QED) is 0.585. The molecular weight excluding hydrogens is 428 g/mol. The second-order valence-electron chi connectivity index (χ2n) is 9.47. The molecule has 7 nitrogen and oxygen atoms in total. The van der Waals surface area contributed by atoms with E-state index in [0.717, 1.165) is 41.2 Å². The molecule has 1 aliphatic heterocycles. The molecule has 1 aliphatic carbocycles. The zero-order valence-electron chi connectivity index (χ0n) is 20.6. The summed E-state index contributed by atoms with van der Waals surface area (Å²) in [5.41, 5.74) is 3.55. The first kappa shape index (κ1) is 24.0. The van der Waals surface area contributed by atoms with Crippen molar-refractivity contribution in [3.05, 3.63) is 41.6 Å². The van der Waals surface area contributed by atoms with Crippen LogP contribution in [0.1, 0.15) is 50.3 Å². The number of pyridine rings is 1. The topological polar surface area (TPSA) is 78.7 Å². The number of amides is 1. The van der Waals surface area contributed by atoms with Gasteiger partial charge in [0.05, 0.1) is 37.4 Å². The van der Waals surface area contributed by atoms with Gasteiger partial charge in [-0.15, -0.1) is 0 Å². The molecule has 1 saturated heterocycles. The number of carbonyl (C=O) groups is 1. The summed E-state index contributed by atoms with van der Waals surface area (Å²) in [4.78, 5) is 22.1. The monoisotopic (exact) mass is 462 g/mol. The molecular formula is C27H34N4O3. The minimum Gasteiger partial charge on any atom is -0.496 e. The Labute approximate surface area is 202 Å². The number of aromatic nitrogens is 1. The maximum Gasteiger partial charge on any atom is 0.225 e. The third kappa shape index (κ3) is 4.88. The maximum absolute atomic E-state index is 12.8. The first-order valence-electron chi connectivity index (χ1n) is 12.1. The van der Waals surface area contributed by atoms with Crippen molar-refractivity contribution in [3.8, 4) is 22.9 Å². The highest BCUT2D eigenvalue weighted by Crippen LogP contribution is 2.46. The van der Waals surface area contributed by atoms with Crippen molar-refractivity contribution in [2.24, 2.45) is 5.92 Å². The lowest BCUT2D eigenvalue weighted by Crippen LogP contribution is -2.57. The Kier molecular flexibility index (Phi) is 7.38. The van der Waals surface area contributed by atoms with Crippen molar-refractivity contribution in [2.45, 2.75) is 45.1 Å². The first-order valence-corrected chi connectivity index (χ1v) is 12.1.